The minimum absolute atomic E-state index is 0.447. The molecule has 11 heavy (non-hydrogen) atoms. The molecule has 0 N–H and O–H groups in total. The molecule has 0 bridgehead atoms. The SMILES string of the molecule is O=c1[c]cc2cc[c]cc2o1. The summed E-state index contributed by atoms with van der Waals surface area (Å²) in [5.41, 5.74) is 0.105. The van der Waals surface area contributed by atoms with Gasteiger partial charge in [-0.25, -0.2) is 4.79 Å². The highest BCUT2D eigenvalue weighted by Crippen LogP contribution is 2.08. The molecule has 2 nitrogen and oxygen atoms in total. The van der Waals surface area contributed by atoms with Crippen LogP contribution in [-0.2, 0) is 0 Å². The number of fused-ring (bicyclic) bond motifs is 1. The van der Waals surface area contributed by atoms with Crippen LogP contribution in [0.3, 0.4) is 0 Å². The van der Waals surface area contributed by atoms with Gasteiger partial charge in [-0.3, -0.25) is 0 Å². The van der Waals surface area contributed by atoms with Crippen LogP contribution in [0.1, 0.15) is 0 Å². The topological polar surface area (TPSA) is 30.2 Å². The molecule has 0 aliphatic rings. The summed E-state index contributed by atoms with van der Waals surface area (Å²) in [6.07, 6.45) is 0. The molecule has 0 aliphatic heterocycles. The van der Waals surface area contributed by atoms with Crippen molar-refractivity contribution in [2.75, 3.05) is 0 Å². The van der Waals surface area contributed by atoms with E-state index in [0.717, 1.165) is 5.39 Å². The second kappa shape index (κ2) is 2.23. The van der Waals surface area contributed by atoms with Gasteiger partial charge < -0.3 is 4.42 Å². The molecule has 1 aromatic heterocycles. The van der Waals surface area contributed by atoms with Crippen molar-refractivity contribution in [1.82, 2.24) is 0 Å². The minimum atomic E-state index is -0.447. The molecule has 0 aliphatic carbocycles. The van der Waals surface area contributed by atoms with Gasteiger partial charge in [-0.2, -0.15) is 0 Å². The van der Waals surface area contributed by atoms with E-state index >= 15 is 0 Å². The zero-order chi connectivity index (χ0) is 7.68. The summed E-state index contributed by atoms with van der Waals surface area (Å²) in [6.45, 7) is 0. The molecule has 2 heteroatoms. The third-order valence-corrected chi connectivity index (χ3v) is 1.41. The van der Waals surface area contributed by atoms with E-state index in [2.05, 4.69) is 12.1 Å². The lowest BCUT2D eigenvalue weighted by atomic mass is 10.2. The van der Waals surface area contributed by atoms with Crippen LogP contribution < -0.4 is 5.63 Å². The van der Waals surface area contributed by atoms with Crippen molar-refractivity contribution in [3.63, 3.8) is 0 Å². The Balaban J connectivity index is 2.94. The highest BCUT2D eigenvalue weighted by atomic mass is 16.4. The van der Waals surface area contributed by atoms with Gasteiger partial charge in [0, 0.05) is 5.39 Å². The number of rotatable bonds is 0. The zero-order valence-corrected chi connectivity index (χ0v) is 5.63. The summed E-state index contributed by atoms with van der Waals surface area (Å²) in [7, 11) is 0. The van der Waals surface area contributed by atoms with Crippen LogP contribution in [0.15, 0.2) is 33.5 Å². The summed E-state index contributed by atoms with van der Waals surface area (Å²) >= 11 is 0. The third kappa shape index (κ3) is 1.03. The maximum atomic E-state index is 10.6. The predicted molar refractivity (Wildman–Crippen MR) is 40.2 cm³/mol. The zero-order valence-electron chi connectivity index (χ0n) is 5.63. The largest absolute Gasteiger partial charge is 0.422 e. The molecule has 1 aromatic carbocycles. The summed E-state index contributed by atoms with van der Waals surface area (Å²) in [5, 5.41) is 0.864. The number of hydrogen-bond donors (Lipinski definition) is 0. The molecule has 0 spiro atoms. The average molecular weight is 144 g/mol. The van der Waals surface area contributed by atoms with Gasteiger partial charge in [0.2, 0.25) is 0 Å². The summed E-state index contributed by atoms with van der Waals surface area (Å²) in [4.78, 5) is 10.6. The third-order valence-electron chi connectivity index (χ3n) is 1.41. The Bertz CT molecular complexity index is 429. The average Bonchev–Trinajstić information content (AvgIpc) is 2.04. The molecule has 2 aromatic rings. The molecule has 0 saturated carbocycles. The standard InChI is InChI=1S/C9H4O2/c10-9-6-5-7-3-1-2-4-8(7)11-9/h1,3-5H. The highest BCUT2D eigenvalue weighted by molar-refractivity contribution is 5.75. The fraction of sp³-hybridized carbons (Fsp3) is 0. The van der Waals surface area contributed by atoms with E-state index in [4.69, 9.17) is 4.42 Å². The molecule has 0 atom stereocenters. The molecular formula is C9H4O2. The van der Waals surface area contributed by atoms with E-state index in [1.165, 1.54) is 0 Å². The van der Waals surface area contributed by atoms with Crippen LogP contribution in [0.4, 0.5) is 0 Å². The Morgan fingerprint density at radius 3 is 3.18 bits per heavy atom. The van der Waals surface area contributed by atoms with Gasteiger partial charge in [0.15, 0.2) is 0 Å². The Morgan fingerprint density at radius 2 is 2.27 bits per heavy atom. The summed E-state index contributed by atoms with van der Waals surface area (Å²) in [6, 6.07) is 12.1. The van der Waals surface area contributed by atoms with Gasteiger partial charge in [-0.1, -0.05) is 12.1 Å². The lowest BCUT2D eigenvalue weighted by molar-refractivity contribution is 0.559. The first-order valence-electron chi connectivity index (χ1n) is 3.18. The van der Waals surface area contributed by atoms with E-state index in [1.54, 1.807) is 18.2 Å². The lowest BCUT2D eigenvalue weighted by Crippen LogP contribution is -1.94. The van der Waals surface area contributed by atoms with Crippen LogP contribution in [0.25, 0.3) is 11.0 Å². The van der Waals surface area contributed by atoms with Crippen molar-refractivity contribution < 1.29 is 4.42 Å². The van der Waals surface area contributed by atoms with Crippen molar-refractivity contribution in [3.05, 3.63) is 46.8 Å². The number of benzene rings is 1. The highest BCUT2D eigenvalue weighted by Gasteiger charge is 1.92. The molecule has 2 radical (unpaired) electrons. The second-order valence-corrected chi connectivity index (χ2v) is 2.14. The van der Waals surface area contributed by atoms with Crippen LogP contribution in [0.5, 0.6) is 0 Å². The van der Waals surface area contributed by atoms with Crippen molar-refractivity contribution in [3.8, 4) is 0 Å². The second-order valence-electron chi connectivity index (χ2n) is 2.14. The van der Waals surface area contributed by atoms with Crippen molar-refractivity contribution >= 4 is 11.0 Å². The minimum Gasteiger partial charge on any atom is -0.422 e. The molecule has 0 amide bonds. The monoisotopic (exact) mass is 144 g/mol. The van der Waals surface area contributed by atoms with E-state index < -0.39 is 5.63 Å². The van der Waals surface area contributed by atoms with Gasteiger partial charge in [0.25, 0.3) is 0 Å². The molecule has 2 rings (SSSR count). The van der Waals surface area contributed by atoms with Crippen LogP contribution >= 0.6 is 0 Å². The van der Waals surface area contributed by atoms with Gasteiger partial charge in [0.05, 0.1) is 6.07 Å². The quantitative estimate of drug-likeness (QED) is 0.523. The fourth-order valence-corrected chi connectivity index (χ4v) is 0.901. The fourth-order valence-electron chi connectivity index (χ4n) is 0.901. The van der Waals surface area contributed by atoms with Crippen LogP contribution in [0, 0.1) is 12.1 Å². The normalized spacial score (nSPS) is 10.2. The number of hydrogen-bond acceptors (Lipinski definition) is 2. The molecular weight excluding hydrogens is 140 g/mol. The van der Waals surface area contributed by atoms with E-state index in [0.29, 0.717) is 5.58 Å². The molecule has 0 unspecified atom stereocenters. The Morgan fingerprint density at radius 1 is 1.36 bits per heavy atom. The van der Waals surface area contributed by atoms with E-state index in [1.807, 2.05) is 6.07 Å². The summed E-state index contributed by atoms with van der Waals surface area (Å²) < 4.78 is 4.82. The molecule has 0 saturated heterocycles. The van der Waals surface area contributed by atoms with Gasteiger partial charge in [-0.05, 0) is 18.2 Å². The Kier molecular flexibility index (Phi) is 1.25. The Labute approximate surface area is 63.1 Å². The van der Waals surface area contributed by atoms with Crippen molar-refractivity contribution in [1.29, 1.82) is 0 Å². The van der Waals surface area contributed by atoms with Gasteiger partial charge in [0.1, 0.15) is 5.58 Å². The van der Waals surface area contributed by atoms with Crippen molar-refractivity contribution in [2.24, 2.45) is 0 Å². The van der Waals surface area contributed by atoms with Crippen molar-refractivity contribution in [2.45, 2.75) is 0 Å². The predicted octanol–water partition coefficient (Wildman–Crippen LogP) is 1.39. The summed E-state index contributed by atoms with van der Waals surface area (Å²) in [5.74, 6) is 0. The smallest absolute Gasteiger partial charge is 0.344 e. The lowest BCUT2D eigenvalue weighted by Gasteiger charge is -1.90. The Hall–Kier alpha value is -1.57. The van der Waals surface area contributed by atoms with Gasteiger partial charge in [-0.15, -0.1) is 0 Å². The first-order chi connectivity index (χ1) is 5.36. The van der Waals surface area contributed by atoms with Gasteiger partial charge >= 0.3 is 5.63 Å². The first-order valence-corrected chi connectivity index (χ1v) is 3.18. The molecule has 1 heterocycles. The maximum absolute atomic E-state index is 10.6. The first kappa shape index (κ1) is 6.16. The van der Waals surface area contributed by atoms with E-state index in [9.17, 15) is 4.79 Å². The van der Waals surface area contributed by atoms with E-state index in [-0.39, 0.29) is 0 Å². The maximum Gasteiger partial charge on any atom is 0.344 e. The molecule has 0 fully saturated rings. The molecule has 52 valence electrons. The van der Waals surface area contributed by atoms with Crippen LogP contribution in [-0.4, -0.2) is 0 Å². The van der Waals surface area contributed by atoms with Crippen LogP contribution in [0.2, 0.25) is 0 Å².